The number of rotatable bonds is 2. The van der Waals surface area contributed by atoms with Crippen molar-refractivity contribution in [2.75, 3.05) is 0 Å². The van der Waals surface area contributed by atoms with Gasteiger partial charge in [0.25, 0.3) is 0 Å². The third kappa shape index (κ3) is 2.93. The molecule has 0 bridgehead atoms. The molecule has 142 valence electrons. The number of fused-ring (bicyclic) bond motifs is 3. The molecule has 0 fully saturated rings. The lowest BCUT2D eigenvalue weighted by Gasteiger charge is -2.07. The lowest BCUT2D eigenvalue weighted by atomic mass is 10.1. The molecule has 0 unspecified atom stereocenters. The molecule has 0 N–H and O–H groups in total. The molecule has 5 rings (SSSR count). The fourth-order valence-electron chi connectivity index (χ4n) is 3.40. The highest BCUT2D eigenvalue weighted by molar-refractivity contribution is 6.30. The van der Waals surface area contributed by atoms with Gasteiger partial charge in [-0.2, -0.15) is 5.10 Å². The van der Waals surface area contributed by atoms with Gasteiger partial charge in [0, 0.05) is 33.6 Å². The van der Waals surface area contributed by atoms with Gasteiger partial charge in [-0.25, -0.2) is 17.9 Å². The lowest BCUT2D eigenvalue weighted by Crippen LogP contribution is -2.01. The summed E-state index contributed by atoms with van der Waals surface area (Å²) >= 11 is 5.98. The van der Waals surface area contributed by atoms with Crippen LogP contribution in [0, 0.1) is 17.5 Å². The van der Waals surface area contributed by atoms with Crippen LogP contribution in [0.25, 0.3) is 38.8 Å². The average molecular weight is 410 g/mol. The number of hydrogen-bond donors (Lipinski definition) is 0. The van der Waals surface area contributed by atoms with Crippen molar-refractivity contribution in [3.63, 3.8) is 0 Å². The van der Waals surface area contributed by atoms with Gasteiger partial charge in [0.05, 0.1) is 11.0 Å². The van der Waals surface area contributed by atoms with E-state index in [1.807, 2.05) is 0 Å². The molecule has 2 aromatic heterocycles. The van der Waals surface area contributed by atoms with Gasteiger partial charge >= 0.3 is 0 Å². The van der Waals surface area contributed by atoms with E-state index in [0.29, 0.717) is 32.5 Å². The van der Waals surface area contributed by atoms with E-state index in [4.69, 9.17) is 11.6 Å². The first-order valence-corrected chi connectivity index (χ1v) is 9.07. The van der Waals surface area contributed by atoms with Gasteiger partial charge in [-0.1, -0.05) is 23.7 Å². The first-order chi connectivity index (χ1) is 14.0. The van der Waals surface area contributed by atoms with E-state index in [-0.39, 0.29) is 5.69 Å². The second kappa shape index (κ2) is 6.60. The minimum atomic E-state index is -0.779. The highest BCUT2D eigenvalue weighted by Crippen LogP contribution is 2.34. The molecule has 29 heavy (non-hydrogen) atoms. The molecule has 0 amide bonds. The maximum atomic E-state index is 14.6. The van der Waals surface area contributed by atoms with Crippen molar-refractivity contribution in [2.45, 2.75) is 0 Å². The van der Waals surface area contributed by atoms with Crippen LogP contribution in [0.15, 0.2) is 66.9 Å². The van der Waals surface area contributed by atoms with Gasteiger partial charge < -0.3 is 0 Å². The Balaban J connectivity index is 1.92. The van der Waals surface area contributed by atoms with Crippen LogP contribution in [0.4, 0.5) is 13.2 Å². The Labute approximate surface area is 168 Å². The quantitative estimate of drug-likeness (QED) is 0.342. The van der Waals surface area contributed by atoms with Crippen LogP contribution in [0.3, 0.4) is 0 Å². The normalized spacial score (nSPS) is 11.4. The number of benzene rings is 3. The zero-order chi connectivity index (χ0) is 20.1. The topological polar surface area (TPSA) is 30.7 Å². The predicted molar refractivity (Wildman–Crippen MR) is 107 cm³/mol. The molecular formula is C22H11ClF3N3. The lowest BCUT2D eigenvalue weighted by molar-refractivity contribution is 0.575. The van der Waals surface area contributed by atoms with Crippen LogP contribution >= 0.6 is 11.6 Å². The van der Waals surface area contributed by atoms with Gasteiger partial charge in [0.15, 0.2) is 5.82 Å². The van der Waals surface area contributed by atoms with Crippen molar-refractivity contribution in [1.82, 2.24) is 14.8 Å². The summed E-state index contributed by atoms with van der Waals surface area (Å²) in [6, 6.07) is 14.4. The largest absolute Gasteiger partial charge is 0.255 e. The molecule has 7 heteroatoms. The smallest absolute Gasteiger partial charge is 0.151 e. The van der Waals surface area contributed by atoms with E-state index < -0.39 is 17.5 Å². The summed E-state index contributed by atoms with van der Waals surface area (Å²) in [7, 11) is 0. The van der Waals surface area contributed by atoms with Gasteiger partial charge in [-0.3, -0.25) is 4.98 Å². The number of nitrogens with zero attached hydrogens (tertiary/aromatic N) is 3. The number of halogens is 4. The van der Waals surface area contributed by atoms with Crippen LogP contribution in [-0.4, -0.2) is 14.8 Å². The Bertz CT molecular complexity index is 1390. The second-order valence-corrected chi connectivity index (χ2v) is 6.98. The van der Waals surface area contributed by atoms with Crippen LogP contribution in [0.5, 0.6) is 0 Å². The molecule has 2 heterocycles. The van der Waals surface area contributed by atoms with E-state index >= 15 is 0 Å². The molecule has 0 saturated carbocycles. The van der Waals surface area contributed by atoms with Crippen LogP contribution in [-0.2, 0) is 0 Å². The van der Waals surface area contributed by atoms with E-state index in [2.05, 4.69) is 10.1 Å². The third-order valence-electron chi connectivity index (χ3n) is 4.72. The first kappa shape index (κ1) is 17.7. The van der Waals surface area contributed by atoms with Crippen molar-refractivity contribution in [3.8, 4) is 16.9 Å². The molecular weight excluding hydrogens is 399 g/mol. The monoisotopic (exact) mass is 409 g/mol. The second-order valence-electron chi connectivity index (χ2n) is 6.54. The van der Waals surface area contributed by atoms with Crippen molar-refractivity contribution in [2.24, 2.45) is 0 Å². The van der Waals surface area contributed by atoms with Gasteiger partial charge in [0.1, 0.15) is 23.0 Å². The Hall–Kier alpha value is -3.38. The summed E-state index contributed by atoms with van der Waals surface area (Å²) in [5.74, 6) is -1.93. The number of hydrogen-bond acceptors (Lipinski definition) is 2. The molecule has 0 aliphatic rings. The summed E-state index contributed by atoms with van der Waals surface area (Å²) in [5, 5.41) is 6.22. The van der Waals surface area contributed by atoms with Gasteiger partial charge in [-0.15, -0.1) is 0 Å². The molecule has 0 spiro atoms. The fraction of sp³-hybridized carbons (Fsp3) is 0. The Morgan fingerprint density at radius 1 is 0.793 bits per heavy atom. The maximum Gasteiger partial charge on any atom is 0.151 e. The first-order valence-electron chi connectivity index (χ1n) is 8.69. The SMILES string of the molecule is Fc1ccc(-n2nc(-c3ccc(Cl)cc3)c3cnc4ccc(F)cc4c32)c(F)c1. The molecule has 0 aliphatic heterocycles. The highest BCUT2D eigenvalue weighted by atomic mass is 35.5. The summed E-state index contributed by atoms with van der Waals surface area (Å²) in [6.45, 7) is 0. The molecule has 3 aromatic carbocycles. The summed E-state index contributed by atoms with van der Waals surface area (Å²) < 4.78 is 43.4. The summed E-state index contributed by atoms with van der Waals surface area (Å²) in [6.07, 6.45) is 1.62. The van der Waals surface area contributed by atoms with E-state index in [0.717, 1.165) is 17.7 Å². The zero-order valence-electron chi connectivity index (χ0n) is 14.7. The van der Waals surface area contributed by atoms with Crippen molar-refractivity contribution >= 4 is 33.4 Å². The van der Waals surface area contributed by atoms with E-state index in [1.165, 1.54) is 22.9 Å². The molecule has 0 aliphatic carbocycles. The Morgan fingerprint density at radius 3 is 2.28 bits per heavy atom. The number of aromatic nitrogens is 3. The minimum Gasteiger partial charge on any atom is -0.255 e. The van der Waals surface area contributed by atoms with E-state index in [1.54, 1.807) is 36.5 Å². The van der Waals surface area contributed by atoms with Gasteiger partial charge in [-0.05, 0) is 42.5 Å². The third-order valence-corrected chi connectivity index (χ3v) is 4.98. The molecule has 0 atom stereocenters. The van der Waals surface area contributed by atoms with Crippen LogP contribution < -0.4 is 0 Å². The Morgan fingerprint density at radius 2 is 1.52 bits per heavy atom. The van der Waals surface area contributed by atoms with Crippen LogP contribution in [0.2, 0.25) is 5.02 Å². The van der Waals surface area contributed by atoms with Crippen LogP contribution in [0.1, 0.15) is 0 Å². The Kier molecular flexibility index (Phi) is 4.03. The molecule has 0 radical (unpaired) electrons. The number of pyridine rings is 1. The molecule has 5 aromatic rings. The highest BCUT2D eigenvalue weighted by Gasteiger charge is 2.19. The van der Waals surface area contributed by atoms with E-state index in [9.17, 15) is 13.2 Å². The maximum absolute atomic E-state index is 14.6. The average Bonchev–Trinajstić information content (AvgIpc) is 3.08. The fourth-order valence-corrected chi connectivity index (χ4v) is 3.53. The van der Waals surface area contributed by atoms with Crippen molar-refractivity contribution in [3.05, 3.63) is 89.3 Å². The van der Waals surface area contributed by atoms with Crippen molar-refractivity contribution < 1.29 is 13.2 Å². The molecule has 3 nitrogen and oxygen atoms in total. The van der Waals surface area contributed by atoms with Crippen molar-refractivity contribution in [1.29, 1.82) is 0 Å². The van der Waals surface area contributed by atoms with Gasteiger partial charge in [0.2, 0.25) is 0 Å². The standard InChI is InChI=1S/C22H11ClF3N3/c23-13-3-1-12(2-4-13)21-17-11-27-19-7-5-14(24)9-16(19)22(17)29(28-21)20-8-6-15(25)10-18(20)26/h1-11H. The molecule has 0 saturated heterocycles. The predicted octanol–water partition coefficient (Wildman–Crippen LogP) is 6.31. The zero-order valence-corrected chi connectivity index (χ0v) is 15.5. The summed E-state index contributed by atoms with van der Waals surface area (Å²) in [5.41, 5.74) is 2.32. The minimum absolute atomic E-state index is 0.0494. The summed E-state index contributed by atoms with van der Waals surface area (Å²) in [4.78, 5) is 4.40.